The molecule has 1 aliphatic heterocycles. The zero-order chi connectivity index (χ0) is 20.3. The van der Waals surface area contributed by atoms with Gasteiger partial charge in [-0.15, -0.1) is 0 Å². The van der Waals surface area contributed by atoms with Crippen LogP contribution in [0.15, 0.2) is 34.0 Å². The van der Waals surface area contributed by atoms with Crippen molar-refractivity contribution in [2.45, 2.75) is 12.8 Å². The number of carbonyl (C=O) groups excluding carboxylic acids is 2. The zero-order valence-electron chi connectivity index (χ0n) is 15.6. The summed E-state index contributed by atoms with van der Waals surface area (Å²) in [5.74, 6) is -0.0400. The van der Waals surface area contributed by atoms with Crippen LogP contribution in [0.4, 0.5) is 0 Å². The number of carbonyl (C=O) groups is 2. The van der Waals surface area contributed by atoms with Crippen molar-refractivity contribution >= 4 is 11.9 Å². The summed E-state index contributed by atoms with van der Waals surface area (Å²) < 4.78 is 10.1. The van der Waals surface area contributed by atoms with Crippen molar-refractivity contribution in [3.8, 4) is 5.75 Å². The van der Waals surface area contributed by atoms with E-state index >= 15 is 0 Å². The van der Waals surface area contributed by atoms with Crippen LogP contribution in [-0.2, 0) is 11.2 Å². The van der Waals surface area contributed by atoms with Crippen molar-refractivity contribution in [2.24, 2.45) is 5.92 Å². The van der Waals surface area contributed by atoms with Gasteiger partial charge in [0.05, 0.1) is 19.8 Å². The average Bonchev–Trinajstić information content (AvgIpc) is 3.15. The summed E-state index contributed by atoms with van der Waals surface area (Å²) >= 11 is 0. The van der Waals surface area contributed by atoms with E-state index in [2.05, 4.69) is 9.97 Å². The fourth-order valence-electron chi connectivity index (χ4n) is 3.42. The number of aromatic amines is 2. The molecule has 9 heteroatoms. The van der Waals surface area contributed by atoms with Gasteiger partial charge in [-0.25, -0.2) is 9.59 Å². The van der Waals surface area contributed by atoms with E-state index < -0.39 is 23.1 Å². The van der Waals surface area contributed by atoms with Crippen LogP contribution in [0.3, 0.4) is 0 Å². The number of nitrogens with one attached hydrogen (secondary N) is 2. The molecule has 1 unspecified atom stereocenters. The maximum Gasteiger partial charge on any atom is 0.337 e. The number of aromatic nitrogens is 2. The van der Waals surface area contributed by atoms with E-state index in [1.54, 1.807) is 30.2 Å². The summed E-state index contributed by atoms with van der Waals surface area (Å²) in [4.78, 5) is 53.3. The maximum atomic E-state index is 12.6. The fraction of sp³-hybridized carbons (Fsp3) is 0.368. The smallest absolute Gasteiger partial charge is 0.337 e. The lowest BCUT2D eigenvalue weighted by molar-refractivity contribution is 0.0600. The number of hydrogen-bond acceptors (Lipinski definition) is 6. The Morgan fingerprint density at radius 3 is 2.71 bits per heavy atom. The summed E-state index contributed by atoms with van der Waals surface area (Å²) in [6, 6.07) is 5.10. The minimum absolute atomic E-state index is 0.0921. The number of nitrogens with zero attached hydrogens (tertiary/aromatic N) is 1. The molecule has 1 amide bonds. The Hall–Kier alpha value is -3.36. The summed E-state index contributed by atoms with van der Waals surface area (Å²) in [5.41, 5.74) is -0.163. The molecule has 1 aliphatic rings. The SMILES string of the molecule is COC(=O)c1ccc(OC)c(CC2CCN(C(=O)c3c[nH]c(=O)[nH]c3=O)C2)c1. The molecule has 9 nitrogen and oxygen atoms in total. The average molecular weight is 387 g/mol. The summed E-state index contributed by atoms with van der Waals surface area (Å²) in [6.07, 6.45) is 2.50. The lowest BCUT2D eigenvalue weighted by Gasteiger charge is -2.17. The first-order chi connectivity index (χ1) is 13.4. The van der Waals surface area contributed by atoms with Gasteiger partial charge < -0.3 is 19.4 Å². The van der Waals surface area contributed by atoms with Gasteiger partial charge in [0.25, 0.3) is 11.5 Å². The number of rotatable bonds is 5. The van der Waals surface area contributed by atoms with Gasteiger partial charge in [0.1, 0.15) is 11.3 Å². The highest BCUT2D eigenvalue weighted by molar-refractivity contribution is 5.93. The van der Waals surface area contributed by atoms with Crippen molar-refractivity contribution in [3.05, 3.63) is 61.9 Å². The first-order valence-electron chi connectivity index (χ1n) is 8.79. The Morgan fingerprint density at radius 1 is 1.25 bits per heavy atom. The van der Waals surface area contributed by atoms with Crippen LogP contribution in [0.1, 0.15) is 32.7 Å². The van der Waals surface area contributed by atoms with Gasteiger partial charge in [-0.1, -0.05) is 0 Å². The number of H-pyrrole nitrogens is 2. The second-order valence-corrected chi connectivity index (χ2v) is 6.61. The number of methoxy groups -OCH3 is 2. The molecule has 148 valence electrons. The van der Waals surface area contributed by atoms with E-state index in [0.29, 0.717) is 30.8 Å². The van der Waals surface area contributed by atoms with Gasteiger partial charge in [0.15, 0.2) is 0 Å². The van der Waals surface area contributed by atoms with Gasteiger partial charge in [-0.05, 0) is 42.5 Å². The van der Waals surface area contributed by atoms with E-state index in [-0.39, 0.29) is 11.5 Å². The molecule has 3 rings (SSSR count). The molecule has 1 aromatic heterocycles. The highest BCUT2D eigenvalue weighted by Gasteiger charge is 2.29. The number of hydrogen-bond donors (Lipinski definition) is 2. The van der Waals surface area contributed by atoms with Gasteiger partial charge in [0, 0.05) is 19.3 Å². The van der Waals surface area contributed by atoms with Crippen LogP contribution in [0.2, 0.25) is 0 Å². The van der Waals surface area contributed by atoms with E-state index in [9.17, 15) is 19.2 Å². The number of amides is 1. The number of benzene rings is 1. The van der Waals surface area contributed by atoms with Crippen LogP contribution in [0.5, 0.6) is 5.75 Å². The minimum Gasteiger partial charge on any atom is -0.496 e. The first-order valence-corrected chi connectivity index (χ1v) is 8.79. The highest BCUT2D eigenvalue weighted by atomic mass is 16.5. The van der Waals surface area contributed by atoms with E-state index in [1.165, 1.54) is 7.11 Å². The van der Waals surface area contributed by atoms with Crippen molar-refractivity contribution in [2.75, 3.05) is 27.3 Å². The Morgan fingerprint density at radius 2 is 2.04 bits per heavy atom. The van der Waals surface area contributed by atoms with Gasteiger partial charge >= 0.3 is 11.7 Å². The molecule has 0 bridgehead atoms. The molecule has 1 aromatic carbocycles. The third kappa shape index (κ3) is 3.98. The second kappa shape index (κ2) is 8.12. The summed E-state index contributed by atoms with van der Waals surface area (Å²) in [5, 5.41) is 0. The molecule has 28 heavy (non-hydrogen) atoms. The highest BCUT2D eigenvalue weighted by Crippen LogP contribution is 2.28. The predicted molar refractivity (Wildman–Crippen MR) is 99.7 cm³/mol. The van der Waals surface area contributed by atoms with E-state index in [4.69, 9.17) is 9.47 Å². The topological polar surface area (TPSA) is 122 Å². The van der Waals surface area contributed by atoms with Crippen LogP contribution in [0.25, 0.3) is 0 Å². The van der Waals surface area contributed by atoms with Crippen molar-refractivity contribution in [1.82, 2.24) is 14.9 Å². The molecule has 1 fully saturated rings. The molecule has 0 radical (unpaired) electrons. The van der Waals surface area contributed by atoms with Crippen LogP contribution in [-0.4, -0.2) is 54.1 Å². The largest absolute Gasteiger partial charge is 0.496 e. The number of likely N-dealkylation sites (tertiary alicyclic amines) is 1. The van der Waals surface area contributed by atoms with Crippen LogP contribution in [0, 0.1) is 5.92 Å². The first kappa shape index (κ1) is 19.4. The van der Waals surface area contributed by atoms with Crippen molar-refractivity contribution < 1.29 is 19.1 Å². The molecule has 1 atom stereocenters. The Balaban J connectivity index is 1.74. The van der Waals surface area contributed by atoms with Gasteiger partial charge in [-0.3, -0.25) is 14.6 Å². The van der Waals surface area contributed by atoms with Gasteiger partial charge in [-0.2, -0.15) is 0 Å². The summed E-state index contributed by atoms with van der Waals surface area (Å²) in [7, 11) is 2.88. The van der Waals surface area contributed by atoms with Gasteiger partial charge in [0.2, 0.25) is 0 Å². The Bertz CT molecular complexity index is 1010. The normalized spacial score (nSPS) is 16.1. The molecule has 2 heterocycles. The molecular weight excluding hydrogens is 366 g/mol. The monoisotopic (exact) mass is 387 g/mol. The molecule has 0 spiro atoms. The lowest BCUT2D eigenvalue weighted by Crippen LogP contribution is -2.35. The van der Waals surface area contributed by atoms with Crippen molar-refractivity contribution in [1.29, 1.82) is 0 Å². The third-order valence-electron chi connectivity index (χ3n) is 4.83. The molecule has 1 saturated heterocycles. The van der Waals surface area contributed by atoms with Crippen LogP contribution >= 0.6 is 0 Å². The zero-order valence-corrected chi connectivity index (χ0v) is 15.6. The molecular formula is C19H21N3O6. The van der Waals surface area contributed by atoms with E-state index in [0.717, 1.165) is 18.2 Å². The van der Waals surface area contributed by atoms with Crippen LogP contribution < -0.4 is 16.0 Å². The predicted octanol–water partition coefficient (Wildman–Crippen LogP) is 0.563. The maximum absolute atomic E-state index is 12.6. The van der Waals surface area contributed by atoms with E-state index in [1.807, 2.05) is 0 Å². The molecule has 0 aliphatic carbocycles. The summed E-state index contributed by atoms with van der Waals surface area (Å²) in [6.45, 7) is 0.962. The standard InChI is InChI=1S/C19H21N3O6/c1-27-15-4-3-12(18(25)28-2)8-13(15)7-11-5-6-22(10-11)17(24)14-9-20-19(26)21-16(14)23/h3-4,8-9,11H,5-7,10H2,1-2H3,(H2,20,21,23,26). The Kier molecular flexibility index (Phi) is 5.62. The number of ether oxygens (including phenoxy) is 2. The molecule has 2 N–H and O–H groups in total. The third-order valence-corrected chi connectivity index (χ3v) is 4.83. The molecule has 2 aromatic rings. The fourth-order valence-corrected chi connectivity index (χ4v) is 3.42. The van der Waals surface area contributed by atoms with Crippen molar-refractivity contribution in [3.63, 3.8) is 0 Å². The quantitative estimate of drug-likeness (QED) is 0.723. The lowest BCUT2D eigenvalue weighted by atomic mass is 9.96. The molecule has 0 saturated carbocycles. The second-order valence-electron chi connectivity index (χ2n) is 6.61. The minimum atomic E-state index is -0.704. The Labute approximate surface area is 160 Å². The number of esters is 1.